The molecule has 4 aromatic rings. The first-order valence-electron chi connectivity index (χ1n) is 7.54. The molecule has 0 aliphatic rings. The summed E-state index contributed by atoms with van der Waals surface area (Å²) >= 11 is 0. The first-order chi connectivity index (χ1) is 11.4. The first-order valence-corrected chi connectivity index (χ1v) is 7.54. The Morgan fingerprint density at radius 2 is 1.13 bits per heavy atom. The van der Waals surface area contributed by atoms with Crippen molar-refractivity contribution in [3.8, 4) is 28.1 Å². The molecule has 110 valence electrons. The largest absolute Gasteiger partial charge is 0.156 e. The lowest BCUT2D eigenvalue weighted by atomic mass is 10.0. The molecule has 3 aromatic carbocycles. The van der Waals surface area contributed by atoms with E-state index in [0.717, 1.165) is 16.9 Å². The van der Waals surface area contributed by atoms with Gasteiger partial charge < -0.3 is 0 Å². The van der Waals surface area contributed by atoms with Gasteiger partial charge in [-0.25, -0.2) is 0 Å². The summed E-state index contributed by atoms with van der Waals surface area (Å²) in [5, 5.41) is 8.91. The van der Waals surface area contributed by atoms with Crippen molar-refractivity contribution in [2.75, 3.05) is 0 Å². The van der Waals surface area contributed by atoms with Crippen LogP contribution >= 0.6 is 0 Å². The molecule has 0 saturated heterocycles. The van der Waals surface area contributed by atoms with Gasteiger partial charge in [-0.05, 0) is 23.3 Å². The third-order valence-electron chi connectivity index (χ3n) is 3.77. The minimum absolute atomic E-state index is 0.869. The maximum atomic E-state index is 4.56. The minimum Gasteiger partial charge on any atom is -0.156 e. The molecule has 3 nitrogen and oxygen atoms in total. The van der Waals surface area contributed by atoms with Gasteiger partial charge in [0, 0.05) is 5.56 Å². The van der Waals surface area contributed by atoms with Gasteiger partial charge in [-0.2, -0.15) is 9.90 Å². The van der Waals surface area contributed by atoms with Gasteiger partial charge in [-0.1, -0.05) is 72.8 Å². The van der Waals surface area contributed by atoms with Crippen molar-refractivity contribution in [2.45, 2.75) is 0 Å². The molecular weight excluding hydrogens is 282 g/mol. The van der Waals surface area contributed by atoms with Crippen LogP contribution in [0.4, 0.5) is 0 Å². The van der Waals surface area contributed by atoms with E-state index in [2.05, 4.69) is 58.7 Å². The zero-order chi connectivity index (χ0) is 15.5. The molecule has 23 heavy (non-hydrogen) atoms. The molecule has 0 radical (unpaired) electrons. The number of para-hydroxylation sites is 1. The van der Waals surface area contributed by atoms with E-state index in [0.29, 0.717) is 0 Å². The van der Waals surface area contributed by atoms with Gasteiger partial charge in [-0.3, -0.25) is 0 Å². The standard InChI is InChI=1S/C20H15N3/c1-3-7-16(8-4-1)17-11-13-18(14-12-17)20-15-21-23(22-20)19-9-5-2-6-10-19/h1-15H. The summed E-state index contributed by atoms with van der Waals surface area (Å²) in [5.41, 5.74) is 5.30. The first kappa shape index (κ1) is 13.5. The van der Waals surface area contributed by atoms with E-state index < -0.39 is 0 Å². The van der Waals surface area contributed by atoms with Gasteiger partial charge in [0.15, 0.2) is 0 Å². The molecule has 0 fully saturated rings. The fourth-order valence-corrected chi connectivity index (χ4v) is 2.55. The number of nitrogens with zero attached hydrogens (tertiary/aromatic N) is 3. The van der Waals surface area contributed by atoms with Gasteiger partial charge in [0.1, 0.15) is 5.69 Å². The van der Waals surface area contributed by atoms with Crippen molar-refractivity contribution < 1.29 is 0 Å². The summed E-state index contributed by atoms with van der Waals surface area (Å²) in [4.78, 5) is 1.65. The molecule has 0 bridgehead atoms. The molecule has 0 unspecified atom stereocenters. The lowest BCUT2D eigenvalue weighted by Gasteiger charge is -2.02. The Morgan fingerprint density at radius 3 is 1.83 bits per heavy atom. The van der Waals surface area contributed by atoms with Crippen LogP contribution in [0.2, 0.25) is 0 Å². The van der Waals surface area contributed by atoms with E-state index in [1.54, 1.807) is 11.0 Å². The van der Waals surface area contributed by atoms with E-state index in [-0.39, 0.29) is 0 Å². The van der Waals surface area contributed by atoms with Crippen LogP contribution in [-0.2, 0) is 0 Å². The summed E-state index contributed by atoms with van der Waals surface area (Å²) in [5.74, 6) is 0. The molecule has 0 spiro atoms. The highest BCUT2D eigenvalue weighted by Gasteiger charge is 2.05. The maximum Gasteiger partial charge on any atom is 0.113 e. The number of rotatable bonds is 3. The zero-order valence-electron chi connectivity index (χ0n) is 12.5. The highest BCUT2D eigenvalue weighted by atomic mass is 15.5. The van der Waals surface area contributed by atoms with E-state index in [4.69, 9.17) is 0 Å². The van der Waals surface area contributed by atoms with Crippen LogP contribution in [0.5, 0.6) is 0 Å². The lowest BCUT2D eigenvalue weighted by molar-refractivity contribution is 0.754. The summed E-state index contributed by atoms with van der Waals surface area (Å²) in [6, 6.07) is 28.7. The van der Waals surface area contributed by atoms with Crippen molar-refractivity contribution in [1.29, 1.82) is 0 Å². The van der Waals surface area contributed by atoms with Gasteiger partial charge in [0.25, 0.3) is 0 Å². The predicted molar refractivity (Wildman–Crippen MR) is 92.2 cm³/mol. The number of aromatic nitrogens is 3. The highest BCUT2D eigenvalue weighted by molar-refractivity contribution is 5.68. The molecule has 0 aliphatic carbocycles. The SMILES string of the molecule is c1ccc(-c2ccc(-c3cnn(-c4ccccc4)n3)cc2)cc1. The van der Waals surface area contributed by atoms with Gasteiger partial charge in [0.05, 0.1) is 11.9 Å². The Hall–Kier alpha value is -3.20. The summed E-state index contributed by atoms with van der Waals surface area (Å²) in [6.07, 6.45) is 1.80. The van der Waals surface area contributed by atoms with E-state index in [1.807, 2.05) is 36.4 Å². The molecule has 4 rings (SSSR count). The Bertz CT molecular complexity index is 895. The Balaban J connectivity index is 1.63. The van der Waals surface area contributed by atoms with E-state index >= 15 is 0 Å². The average molecular weight is 297 g/mol. The van der Waals surface area contributed by atoms with Crippen LogP contribution in [0.25, 0.3) is 28.1 Å². The van der Waals surface area contributed by atoms with Crippen molar-refractivity contribution in [3.63, 3.8) is 0 Å². The smallest absolute Gasteiger partial charge is 0.113 e. The molecule has 0 N–H and O–H groups in total. The van der Waals surface area contributed by atoms with Crippen LogP contribution in [0.3, 0.4) is 0 Å². The Kier molecular flexibility index (Phi) is 3.45. The molecular formula is C20H15N3. The number of hydrogen-bond acceptors (Lipinski definition) is 2. The number of hydrogen-bond donors (Lipinski definition) is 0. The third kappa shape index (κ3) is 2.77. The van der Waals surface area contributed by atoms with Gasteiger partial charge in [0.2, 0.25) is 0 Å². The Labute approximate surface area is 134 Å². The molecule has 0 atom stereocenters. The van der Waals surface area contributed by atoms with Crippen molar-refractivity contribution >= 4 is 0 Å². The van der Waals surface area contributed by atoms with Gasteiger partial charge >= 0.3 is 0 Å². The van der Waals surface area contributed by atoms with Crippen LogP contribution in [0, 0.1) is 0 Å². The van der Waals surface area contributed by atoms with Crippen LogP contribution in [0.1, 0.15) is 0 Å². The van der Waals surface area contributed by atoms with Crippen molar-refractivity contribution in [2.24, 2.45) is 0 Å². The molecule has 0 amide bonds. The molecule has 1 heterocycles. The molecule has 3 heteroatoms. The van der Waals surface area contributed by atoms with E-state index in [9.17, 15) is 0 Å². The summed E-state index contributed by atoms with van der Waals surface area (Å²) in [6.45, 7) is 0. The molecule has 0 aliphatic heterocycles. The second kappa shape index (κ2) is 5.89. The minimum atomic E-state index is 0.869. The third-order valence-corrected chi connectivity index (χ3v) is 3.77. The van der Waals surface area contributed by atoms with Crippen LogP contribution < -0.4 is 0 Å². The molecule has 0 saturated carbocycles. The normalized spacial score (nSPS) is 10.6. The molecule has 1 aromatic heterocycles. The number of benzene rings is 3. The topological polar surface area (TPSA) is 30.7 Å². The van der Waals surface area contributed by atoms with Crippen molar-refractivity contribution in [1.82, 2.24) is 15.0 Å². The second-order valence-corrected chi connectivity index (χ2v) is 5.30. The van der Waals surface area contributed by atoms with Crippen LogP contribution in [0.15, 0.2) is 91.1 Å². The fraction of sp³-hybridized carbons (Fsp3) is 0. The van der Waals surface area contributed by atoms with E-state index in [1.165, 1.54) is 11.1 Å². The summed E-state index contributed by atoms with van der Waals surface area (Å²) < 4.78 is 0. The average Bonchev–Trinajstić information content (AvgIpc) is 3.14. The lowest BCUT2D eigenvalue weighted by Crippen LogP contribution is -1.97. The highest BCUT2D eigenvalue weighted by Crippen LogP contribution is 2.23. The quantitative estimate of drug-likeness (QED) is 0.553. The monoisotopic (exact) mass is 297 g/mol. The maximum absolute atomic E-state index is 4.56. The van der Waals surface area contributed by atoms with Gasteiger partial charge in [-0.15, -0.1) is 5.10 Å². The van der Waals surface area contributed by atoms with Crippen molar-refractivity contribution in [3.05, 3.63) is 91.1 Å². The predicted octanol–water partition coefficient (Wildman–Crippen LogP) is 4.60. The summed E-state index contributed by atoms with van der Waals surface area (Å²) in [7, 11) is 0. The zero-order valence-corrected chi connectivity index (χ0v) is 12.5. The second-order valence-electron chi connectivity index (χ2n) is 5.30. The van der Waals surface area contributed by atoms with Crippen LogP contribution in [-0.4, -0.2) is 15.0 Å². The fourth-order valence-electron chi connectivity index (χ4n) is 2.55. The Morgan fingerprint density at radius 1 is 0.565 bits per heavy atom.